The second kappa shape index (κ2) is 17.3. The third-order valence-corrected chi connectivity index (χ3v) is 8.44. The van der Waals surface area contributed by atoms with Gasteiger partial charge in [-0.15, -0.1) is 0 Å². The van der Waals surface area contributed by atoms with Crippen LogP contribution in [-0.4, -0.2) is 66.4 Å². The Bertz CT molecular complexity index is 1410. The number of benzene rings is 2. The number of cyclic esters (lactones) is 2. The zero-order valence-electron chi connectivity index (χ0n) is 28.0. The molecular formula is C36H47ClN2O8. The molecule has 3 rings (SSSR count). The molecule has 47 heavy (non-hydrogen) atoms. The zero-order chi connectivity index (χ0) is 34.7. The van der Waals surface area contributed by atoms with Gasteiger partial charge in [-0.3, -0.25) is 14.4 Å². The van der Waals surface area contributed by atoms with Gasteiger partial charge < -0.3 is 30.0 Å². The van der Waals surface area contributed by atoms with Crippen LogP contribution in [-0.2, 0) is 35.1 Å². The van der Waals surface area contributed by atoms with Crippen molar-refractivity contribution < 1.29 is 38.5 Å². The van der Waals surface area contributed by atoms with E-state index in [2.05, 4.69) is 10.6 Å². The molecule has 0 spiro atoms. The highest BCUT2D eigenvalue weighted by Crippen LogP contribution is 2.31. The van der Waals surface area contributed by atoms with E-state index in [-0.39, 0.29) is 44.1 Å². The van der Waals surface area contributed by atoms with Crippen LogP contribution in [0.3, 0.4) is 0 Å². The largest absolute Gasteiger partial charge is 0.495 e. The Morgan fingerprint density at radius 2 is 1.74 bits per heavy atom. The minimum Gasteiger partial charge on any atom is -0.495 e. The van der Waals surface area contributed by atoms with Gasteiger partial charge in [-0.2, -0.15) is 0 Å². The lowest BCUT2D eigenvalue weighted by Gasteiger charge is -2.35. The highest BCUT2D eigenvalue weighted by atomic mass is 35.5. The molecule has 3 N–H and O–H groups in total. The van der Waals surface area contributed by atoms with Crippen LogP contribution in [0.15, 0.2) is 60.7 Å². The minimum absolute atomic E-state index is 0.0165. The van der Waals surface area contributed by atoms with Crippen LogP contribution >= 0.6 is 11.6 Å². The first-order chi connectivity index (χ1) is 22.2. The summed E-state index contributed by atoms with van der Waals surface area (Å²) in [5.74, 6) is -3.01. The molecule has 2 aromatic rings. The van der Waals surface area contributed by atoms with Gasteiger partial charge in [0.25, 0.3) is 0 Å². The molecule has 1 aliphatic rings. The first-order valence-corrected chi connectivity index (χ1v) is 16.3. The first-order valence-electron chi connectivity index (χ1n) is 16.0. The Balaban J connectivity index is 1.93. The Kier molecular flexibility index (Phi) is 13.8. The predicted molar refractivity (Wildman–Crippen MR) is 179 cm³/mol. The smallest absolute Gasteiger partial charge is 0.347 e. The summed E-state index contributed by atoms with van der Waals surface area (Å²) in [7, 11) is 1.49. The molecule has 0 bridgehead atoms. The highest BCUT2D eigenvalue weighted by Gasteiger charge is 2.39. The number of methoxy groups -OCH3 is 1. The number of rotatable bonds is 9. The van der Waals surface area contributed by atoms with Crippen LogP contribution in [0.2, 0.25) is 5.02 Å². The van der Waals surface area contributed by atoms with Crippen LogP contribution in [0.4, 0.5) is 0 Å². The molecular weight excluding hydrogens is 624 g/mol. The van der Waals surface area contributed by atoms with Crippen molar-refractivity contribution in [3.8, 4) is 5.75 Å². The van der Waals surface area contributed by atoms with Gasteiger partial charge in [0, 0.05) is 19.4 Å². The molecule has 0 unspecified atom stereocenters. The Morgan fingerprint density at radius 3 is 2.38 bits per heavy atom. The van der Waals surface area contributed by atoms with Crippen molar-refractivity contribution in [2.75, 3.05) is 13.7 Å². The van der Waals surface area contributed by atoms with Crippen molar-refractivity contribution in [3.05, 3.63) is 76.8 Å². The summed E-state index contributed by atoms with van der Waals surface area (Å²) < 4.78 is 16.8. The molecule has 0 aliphatic carbocycles. The fourth-order valence-corrected chi connectivity index (χ4v) is 5.71. The van der Waals surface area contributed by atoms with E-state index in [4.69, 9.17) is 25.8 Å². The van der Waals surface area contributed by atoms with Gasteiger partial charge in [0.15, 0.2) is 6.10 Å². The van der Waals surface area contributed by atoms with Crippen molar-refractivity contribution in [1.29, 1.82) is 0 Å². The summed E-state index contributed by atoms with van der Waals surface area (Å²) in [5, 5.41) is 17.5. The SMILES string of the molecule is COc1ccc(C[C@H]2NC(=O)/C=C/C[C@@H]([C@](C)(O)C[C@@H](C)c3ccccc3)OC(=O)[C@H](CC(C)C)OC(=O)[C@H](C)CNC2=O)cc1Cl. The van der Waals surface area contributed by atoms with Crippen molar-refractivity contribution >= 4 is 35.4 Å². The normalized spacial score (nSPS) is 24.3. The third kappa shape index (κ3) is 11.4. The molecule has 11 heteroatoms. The lowest BCUT2D eigenvalue weighted by atomic mass is 9.83. The van der Waals surface area contributed by atoms with E-state index in [0.29, 0.717) is 16.3 Å². The molecule has 6 atom stereocenters. The second-order valence-corrected chi connectivity index (χ2v) is 13.3. The number of hydrogen-bond acceptors (Lipinski definition) is 8. The van der Waals surface area contributed by atoms with Crippen molar-refractivity contribution in [1.82, 2.24) is 10.6 Å². The van der Waals surface area contributed by atoms with E-state index < -0.39 is 53.5 Å². The van der Waals surface area contributed by atoms with Gasteiger partial charge in [-0.05, 0) is 60.9 Å². The summed E-state index contributed by atoms with van der Waals surface area (Å²) in [6.45, 7) is 8.80. The van der Waals surface area contributed by atoms with Crippen molar-refractivity contribution in [3.63, 3.8) is 0 Å². The fraction of sp³-hybridized carbons (Fsp3) is 0.500. The van der Waals surface area contributed by atoms with E-state index >= 15 is 0 Å². The van der Waals surface area contributed by atoms with E-state index in [1.807, 2.05) is 51.1 Å². The number of ether oxygens (including phenoxy) is 3. The quantitative estimate of drug-likeness (QED) is 0.320. The molecule has 1 heterocycles. The van der Waals surface area contributed by atoms with Gasteiger partial charge in [0.05, 0.1) is 23.7 Å². The molecule has 0 fully saturated rings. The van der Waals surface area contributed by atoms with E-state index in [9.17, 15) is 24.3 Å². The summed E-state index contributed by atoms with van der Waals surface area (Å²) in [4.78, 5) is 53.0. The number of halogens is 1. The molecule has 0 aromatic heterocycles. The first kappa shape index (κ1) is 37.6. The number of carbonyl (C=O) groups excluding carboxylic acids is 4. The van der Waals surface area contributed by atoms with Crippen LogP contribution < -0.4 is 15.4 Å². The molecule has 0 saturated carbocycles. The number of aliphatic hydroxyl groups is 1. The van der Waals surface area contributed by atoms with Gasteiger partial charge in [-0.1, -0.05) is 81.8 Å². The third-order valence-electron chi connectivity index (χ3n) is 8.14. The molecule has 2 amide bonds. The van der Waals surface area contributed by atoms with Crippen LogP contribution in [0.25, 0.3) is 0 Å². The van der Waals surface area contributed by atoms with Crippen molar-refractivity contribution in [2.24, 2.45) is 11.8 Å². The minimum atomic E-state index is -1.52. The number of hydrogen-bond donors (Lipinski definition) is 3. The summed E-state index contributed by atoms with van der Waals surface area (Å²) in [6, 6.07) is 13.7. The van der Waals surface area contributed by atoms with E-state index in [1.54, 1.807) is 32.0 Å². The van der Waals surface area contributed by atoms with E-state index in [0.717, 1.165) is 5.56 Å². The molecule has 256 valence electrons. The number of esters is 2. The van der Waals surface area contributed by atoms with E-state index in [1.165, 1.54) is 19.3 Å². The Morgan fingerprint density at radius 1 is 1.04 bits per heavy atom. The predicted octanol–water partition coefficient (Wildman–Crippen LogP) is 4.90. The fourth-order valence-electron chi connectivity index (χ4n) is 5.43. The van der Waals surface area contributed by atoms with Crippen molar-refractivity contribution in [2.45, 2.75) is 90.1 Å². The highest BCUT2D eigenvalue weighted by molar-refractivity contribution is 6.32. The zero-order valence-corrected chi connectivity index (χ0v) is 28.7. The second-order valence-electron chi connectivity index (χ2n) is 12.9. The van der Waals surface area contributed by atoms with Gasteiger partial charge in [0.1, 0.15) is 17.9 Å². The molecule has 0 saturated heterocycles. The lowest BCUT2D eigenvalue weighted by molar-refractivity contribution is -0.184. The van der Waals surface area contributed by atoms with Gasteiger partial charge >= 0.3 is 11.9 Å². The Hall–Kier alpha value is -3.89. The summed E-state index contributed by atoms with van der Waals surface area (Å²) in [6.07, 6.45) is 0.970. The topological polar surface area (TPSA) is 140 Å². The maximum atomic E-state index is 13.5. The Labute approximate surface area is 282 Å². The molecule has 2 aromatic carbocycles. The van der Waals surface area contributed by atoms with Crippen LogP contribution in [0.5, 0.6) is 5.75 Å². The lowest BCUT2D eigenvalue weighted by Crippen LogP contribution is -2.49. The standard InChI is InChI=1S/C36H47ClN2O8/c1-22(2)17-30-35(43)47-31(36(5,44)20-23(3)26-11-8-7-9-12-26)13-10-14-32(40)39-28(33(41)38-21-24(4)34(42)46-30)19-25-15-16-29(45-6)27(37)18-25/h7-12,14-16,18,22-24,28,30-31,44H,13,17,19-21H2,1-6H3,(H,38,41)(H,39,40)/b14-10+/t23-,24-,28-,30+,31+,36-/m1/s1. The number of nitrogens with one attached hydrogen (secondary N) is 2. The number of carbonyl (C=O) groups is 4. The molecule has 1 aliphatic heterocycles. The monoisotopic (exact) mass is 670 g/mol. The summed E-state index contributed by atoms with van der Waals surface area (Å²) >= 11 is 6.29. The van der Waals surface area contributed by atoms with Gasteiger partial charge in [0.2, 0.25) is 11.8 Å². The van der Waals surface area contributed by atoms with Crippen LogP contribution in [0.1, 0.15) is 70.9 Å². The average molecular weight is 671 g/mol. The average Bonchev–Trinajstić information content (AvgIpc) is 3.01. The van der Waals surface area contributed by atoms with Crippen LogP contribution in [0, 0.1) is 11.8 Å². The van der Waals surface area contributed by atoms with Gasteiger partial charge in [-0.25, -0.2) is 4.79 Å². The summed E-state index contributed by atoms with van der Waals surface area (Å²) in [5.41, 5.74) is 0.159. The maximum Gasteiger partial charge on any atom is 0.347 e. The molecule has 10 nitrogen and oxygen atoms in total. The maximum absolute atomic E-state index is 13.5. The molecule has 0 radical (unpaired) electrons. The number of amides is 2.